The van der Waals surface area contributed by atoms with Crippen LogP contribution in [0.15, 0.2) is 10.7 Å². The van der Waals surface area contributed by atoms with Crippen molar-refractivity contribution < 1.29 is 14.1 Å². The summed E-state index contributed by atoms with van der Waals surface area (Å²) in [5.41, 5.74) is 0.324. The summed E-state index contributed by atoms with van der Waals surface area (Å²) < 4.78 is 11.2. The van der Waals surface area contributed by atoms with Gasteiger partial charge in [0.2, 0.25) is 0 Å². The zero-order chi connectivity index (χ0) is 16.0. The van der Waals surface area contributed by atoms with Crippen LogP contribution >= 0.6 is 0 Å². The molecular weight excluding hydrogens is 300 g/mol. The monoisotopic (exact) mass is 318 g/mol. The first-order valence-electron chi connectivity index (χ1n) is 7.74. The van der Waals surface area contributed by atoms with Crippen molar-refractivity contribution in [1.82, 2.24) is 30.0 Å². The van der Waals surface area contributed by atoms with Gasteiger partial charge in [-0.25, -0.2) is 0 Å². The largest absolute Gasteiger partial charge is 0.362 e. The van der Waals surface area contributed by atoms with Crippen molar-refractivity contribution in [3.05, 3.63) is 23.6 Å². The summed E-state index contributed by atoms with van der Waals surface area (Å²) in [7, 11) is 1.68. The number of morpholine rings is 1. The van der Waals surface area contributed by atoms with Gasteiger partial charge in [0.1, 0.15) is 0 Å². The molecule has 3 heterocycles. The molecule has 1 aliphatic heterocycles. The topological polar surface area (TPSA) is 99.2 Å². The highest BCUT2D eigenvalue weighted by molar-refractivity contribution is 5.92. The molecule has 4 rings (SSSR count). The number of rotatable bonds is 3. The minimum absolute atomic E-state index is 0.120. The van der Waals surface area contributed by atoms with E-state index in [1.807, 2.05) is 6.92 Å². The molecule has 1 saturated carbocycles. The molecule has 23 heavy (non-hydrogen) atoms. The molecule has 2 fully saturated rings. The van der Waals surface area contributed by atoms with E-state index >= 15 is 0 Å². The minimum atomic E-state index is -0.403. The van der Waals surface area contributed by atoms with Gasteiger partial charge in [0, 0.05) is 19.5 Å². The van der Waals surface area contributed by atoms with Crippen LogP contribution in [0.25, 0.3) is 0 Å². The number of ether oxygens (including phenoxy) is 1. The molecule has 1 aliphatic carbocycles. The molecule has 2 aliphatic rings. The molecule has 1 amide bonds. The Labute approximate surface area is 132 Å². The predicted octanol–water partition coefficient (Wildman–Crippen LogP) is 0.678. The molecule has 0 spiro atoms. The summed E-state index contributed by atoms with van der Waals surface area (Å²) in [5.74, 6) is 1.44. The number of carbonyl (C=O) groups excluding carboxylic acids is 1. The second-order valence-corrected chi connectivity index (χ2v) is 6.13. The van der Waals surface area contributed by atoms with Gasteiger partial charge in [0.15, 0.2) is 17.6 Å². The zero-order valence-corrected chi connectivity index (χ0v) is 13.0. The molecule has 2 aromatic heterocycles. The van der Waals surface area contributed by atoms with Gasteiger partial charge in [-0.2, -0.15) is 14.9 Å². The number of carbonyl (C=O) groups is 1. The number of aromatic nitrogens is 5. The molecule has 0 unspecified atom stereocenters. The van der Waals surface area contributed by atoms with Crippen molar-refractivity contribution in [2.24, 2.45) is 7.05 Å². The van der Waals surface area contributed by atoms with E-state index in [1.165, 1.54) is 11.0 Å². The first-order valence-corrected chi connectivity index (χ1v) is 7.74. The van der Waals surface area contributed by atoms with E-state index in [0.717, 1.165) is 18.7 Å². The number of hydrogen-bond donors (Lipinski definition) is 0. The van der Waals surface area contributed by atoms with Crippen LogP contribution in [-0.2, 0) is 11.8 Å². The van der Waals surface area contributed by atoms with Gasteiger partial charge >= 0.3 is 0 Å². The number of amides is 1. The van der Waals surface area contributed by atoms with Crippen molar-refractivity contribution in [3.63, 3.8) is 0 Å². The molecular formula is C14H18N6O3. The number of aryl methyl sites for hydroxylation is 1. The van der Waals surface area contributed by atoms with E-state index in [1.54, 1.807) is 11.9 Å². The Morgan fingerprint density at radius 2 is 2.17 bits per heavy atom. The average molecular weight is 318 g/mol. The van der Waals surface area contributed by atoms with Crippen LogP contribution in [0.1, 0.15) is 54.0 Å². The molecule has 1 saturated heterocycles. The second-order valence-electron chi connectivity index (χ2n) is 6.13. The molecule has 122 valence electrons. The van der Waals surface area contributed by atoms with Crippen LogP contribution in [0.3, 0.4) is 0 Å². The third-order valence-corrected chi connectivity index (χ3v) is 4.04. The van der Waals surface area contributed by atoms with Crippen LogP contribution in [-0.4, -0.2) is 55.1 Å². The van der Waals surface area contributed by atoms with E-state index in [0.29, 0.717) is 30.6 Å². The number of hydrogen-bond acceptors (Lipinski definition) is 7. The lowest BCUT2D eigenvalue weighted by Crippen LogP contribution is -2.46. The van der Waals surface area contributed by atoms with E-state index in [4.69, 9.17) is 9.26 Å². The Bertz CT molecular complexity index is 722. The molecule has 0 bridgehead atoms. The third kappa shape index (κ3) is 2.83. The van der Waals surface area contributed by atoms with Crippen LogP contribution in [0, 0.1) is 0 Å². The Balaban J connectivity index is 1.51. The summed E-state index contributed by atoms with van der Waals surface area (Å²) in [5, 5.41) is 12.0. The Kier molecular flexibility index (Phi) is 3.37. The standard InChI is InChI=1S/C14H18N6O3/c1-8-6-20(14(21)10-5-15-19(2)17-10)7-11(22-8)13-16-12(18-23-13)9-3-4-9/h5,8-9,11H,3-4,6-7H2,1-2H3/t8-,11-/m1/s1. The quantitative estimate of drug-likeness (QED) is 0.820. The van der Waals surface area contributed by atoms with Crippen molar-refractivity contribution in [2.45, 2.75) is 37.9 Å². The molecule has 2 aromatic rings. The Morgan fingerprint density at radius 3 is 2.87 bits per heavy atom. The van der Waals surface area contributed by atoms with Gasteiger partial charge in [0.05, 0.1) is 18.8 Å². The number of nitrogens with zero attached hydrogens (tertiary/aromatic N) is 6. The fourth-order valence-corrected chi connectivity index (χ4v) is 2.74. The second kappa shape index (κ2) is 5.41. The van der Waals surface area contributed by atoms with Crippen LogP contribution in [0.4, 0.5) is 0 Å². The van der Waals surface area contributed by atoms with E-state index in [-0.39, 0.29) is 12.0 Å². The van der Waals surface area contributed by atoms with Crippen molar-refractivity contribution >= 4 is 5.91 Å². The first-order chi connectivity index (χ1) is 11.1. The van der Waals surface area contributed by atoms with E-state index in [9.17, 15) is 4.79 Å². The fourth-order valence-electron chi connectivity index (χ4n) is 2.74. The Hall–Kier alpha value is -2.29. The van der Waals surface area contributed by atoms with Gasteiger partial charge in [-0.1, -0.05) is 5.16 Å². The van der Waals surface area contributed by atoms with Crippen molar-refractivity contribution in [1.29, 1.82) is 0 Å². The van der Waals surface area contributed by atoms with Gasteiger partial charge in [-0.15, -0.1) is 5.10 Å². The zero-order valence-electron chi connectivity index (χ0n) is 13.0. The molecule has 9 heteroatoms. The summed E-state index contributed by atoms with van der Waals surface area (Å²) in [6.07, 6.45) is 3.16. The van der Waals surface area contributed by atoms with Crippen molar-refractivity contribution in [2.75, 3.05) is 13.1 Å². The summed E-state index contributed by atoms with van der Waals surface area (Å²) in [6.45, 7) is 2.78. The normalized spacial score (nSPS) is 24.9. The SMILES string of the molecule is C[C@@H]1CN(C(=O)c2cnn(C)n2)C[C@H](c2nc(C3CC3)no2)O1. The summed E-state index contributed by atoms with van der Waals surface area (Å²) in [4.78, 5) is 20.0. The van der Waals surface area contributed by atoms with Crippen LogP contribution in [0.2, 0.25) is 0 Å². The highest BCUT2D eigenvalue weighted by atomic mass is 16.5. The lowest BCUT2D eigenvalue weighted by Gasteiger charge is -2.34. The smallest absolute Gasteiger partial charge is 0.276 e. The summed E-state index contributed by atoms with van der Waals surface area (Å²) >= 11 is 0. The Morgan fingerprint density at radius 1 is 1.35 bits per heavy atom. The molecule has 0 N–H and O–H groups in total. The highest BCUT2D eigenvalue weighted by Gasteiger charge is 2.36. The van der Waals surface area contributed by atoms with Gasteiger partial charge in [-0.3, -0.25) is 4.79 Å². The minimum Gasteiger partial charge on any atom is -0.362 e. The van der Waals surface area contributed by atoms with Crippen LogP contribution in [0.5, 0.6) is 0 Å². The lowest BCUT2D eigenvalue weighted by molar-refractivity contribution is -0.0811. The van der Waals surface area contributed by atoms with Crippen LogP contribution < -0.4 is 0 Å². The predicted molar refractivity (Wildman–Crippen MR) is 76.5 cm³/mol. The van der Waals surface area contributed by atoms with Crippen molar-refractivity contribution in [3.8, 4) is 0 Å². The third-order valence-electron chi connectivity index (χ3n) is 4.04. The maximum absolute atomic E-state index is 12.5. The van der Waals surface area contributed by atoms with E-state index < -0.39 is 6.10 Å². The molecule has 0 radical (unpaired) electrons. The lowest BCUT2D eigenvalue weighted by atomic mass is 10.2. The highest BCUT2D eigenvalue weighted by Crippen LogP contribution is 2.39. The van der Waals surface area contributed by atoms with Gasteiger partial charge in [-0.05, 0) is 19.8 Å². The van der Waals surface area contributed by atoms with Gasteiger partial charge in [0.25, 0.3) is 11.8 Å². The molecule has 0 aromatic carbocycles. The fraction of sp³-hybridized carbons (Fsp3) is 0.643. The van der Waals surface area contributed by atoms with E-state index in [2.05, 4.69) is 20.3 Å². The summed E-state index contributed by atoms with van der Waals surface area (Å²) in [6, 6.07) is 0. The molecule has 2 atom stereocenters. The first kappa shape index (κ1) is 14.3. The van der Waals surface area contributed by atoms with Gasteiger partial charge < -0.3 is 14.2 Å². The average Bonchev–Trinajstić information content (AvgIpc) is 3.10. The maximum Gasteiger partial charge on any atom is 0.276 e. The molecule has 9 nitrogen and oxygen atoms in total. The maximum atomic E-state index is 12.5.